The third-order valence-corrected chi connectivity index (χ3v) is 3.87. The van der Waals surface area contributed by atoms with Crippen LogP contribution < -0.4 is 0 Å². The zero-order chi connectivity index (χ0) is 13.2. The molecule has 1 aliphatic rings. The van der Waals surface area contributed by atoms with Crippen LogP contribution in [-0.4, -0.2) is 17.4 Å². The molecule has 0 radical (unpaired) electrons. The van der Waals surface area contributed by atoms with Crippen molar-refractivity contribution >= 4 is 17.5 Å². The topological polar surface area (TPSA) is 20.3 Å². The molecule has 0 bridgehead atoms. The van der Waals surface area contributed by atoms with Crippen LogP contribution in [0.25, 0.3) is 0 Å². The Kier molecular flexibility index (Phi) is 3.26. The number of hydrogen-bond acceptors (Lipinski definition) is 1. The first-order valence-electron chi connectivity index (χ1n) is 6.36. The van der Waals surface area contributed by atoms with Crippen molar-refractivity contribution in [2.24, 2.45) is 0 Å². The average Bonchev–Trinajstić information content (AvgIpc) is 2.44. The summed E-state index contributed by atoms with van der Waals surface area (Å²) in [5.41, 5.74) is 2.96. The molecular weight excluding hydrogens is 258 g/mol. The highest BCUT2D eigenvalue weighted by molar-refractivity contribution is 6.31. The van der Waals surface area contributed by atoms with Gasteiger partial charge in [0, 0.05) is 23.7 Å². The van der Waals surface area contributed by atoms with E-state index >= 15 is 0 Å². The van der Waals surface area contributed by atoms with Gasteiger partial charge in [0.05, 0.1) is 0 Å². The van der Waals surface area contributed by atoms with Crippen molar-refractivity contribution in [3.63, 3.8) is 0 Å². The fourth-order valence-corrected chi connectivity index (χ4v) is 2.65. The molecule has 1 aliphatic heterocycles. The van der Waals surface area contributed by atoms with Crippen LogP contribution in [0, 0.1) is 0 Å². The molecule has 1 heterocycles. The second-order valence-corrected chi connectivity index (χ2v) is 5.13. The lowest BCUT2D eigenvalue weighted by atomic mass is 9.99. The Balaban J connectivity index is 1.85. The van der Waals surface area contributed by atoms with Gasteiger partial charge in [-0.25, -0.2) is 0 Å². The number of halogens is 1. The van der Waals surface area contributed by atoms with E-state index in [1.165, 1.54) is 0 Å². The van der Waals surface area contributed by atoms with Crippen LogP contribution >= 0.6 is 11.6 Å². The summed E-state index contributed by atoms with van der Waals surface area (Å²) in [5.74, 6) is 0.0989. The summed E-state index contributed by atoms with van der Waals surface area (Å²) in [6.45, 7) is 1.33. The number of fused-ring (bicyclic) bond motifs is 1. The molecule has 0 N–H and O–H groups in total. The molecule has 0 spiro atoms. The van der Waals surface area contributed by atoms with Crippen LogP contribution in [0.15, 0.2) is 48.5 Å². The van der Waals surface area contributed by atoms with E-state index in [1.54, 1.807) is 0 Å². The van der Waals surface area contributed by atoms with Crippen molar-refractivity contribution in [2.45, 2.75) is 13.0 Å². The first-order chi connectivity index (χ1) is 9.25. The zero-order valence-electron chi connectivity index (χ0n) is 10.5. The molecule has 2 aromatic rings. The number of carbonyl (C=O) groups is 1. The summed E-state index contributed by atoms with van der Waals surface area (Å²) in [6, 6.07) is 15.5. The molecule has 0 fully saturated rings. The highest BCUT2D eigenvalue weighted by Gasteiger charge is 2.24. The number of nitrogens with zero attached hydrogens (tertiary/aromatic N) is 1. The molecule has 0 saturated carbocycles. The van der Waals surface area contributed by atoms with Crippen molar-refractivity contribution in [3.05, 3.63) is 70.2 Å². The lowest BCUT2D eigenvalue weighted by molar-refractivity contribution is 0.0727. The quantitative estimate of drug-likeness (QED) is 0.818. The SMILES string of the molecule is O=C1c2ccccc2CCN1Cc1ccccc1Cl. The molecule has 1 amide bonds. The van der Waals surface area contributed by atoms with Crippen molar-refractivity contribution in [1.82, 2.24) is 4.90 Å². The fourth-order valence-electron chi connectivity index (χ4n) is 2.46. The summed E-state index contributed by atoms with van der Waals surface area (Å²) in [7, 11) is 0. The maximum atomic E-state index is 12.4. The average molecular weight is 272 g/mol. The van der Waals surface area contributed by atoms with Crippen LogP contribution in [-0.2, 0) is 13.0 Å². The Bertz CT molecular complexity index is 624. The molecule has 0 atom stereocenters. The molecule has 0 aromatic heterocycles. The molecule has 0 saturated heterocycles. The predicted molar refractivity (Wildman–Crippen MR) is 76.3 cm³/mol. The molecule has 0 unspecified atom stereocenters. The van der Waals surface area contributed by atoms with E-state index in [2.05, 4.69) is 0 Å². The lowest BCUT2D eigenvalue weighted by Crippen LogP contribution is -2.37. The minimum atomic E-state index is 0.0989. The molecule has 2 nitrogen and oxygen atoms in total. The smallest absolute Gasteiger partial charge is 0.254 e. The third kappa shape index (κ3) is 2.36. The van der Waals surface area contributed by atoms with Gasteiger partial charge in [0.2, 0.25) is 0 Å². The van der Waals surface area contributed by atoms with Gasteiger partial charge < -0.3 is 4.90 Å². The Morgan fingerprint density at radius 1 is 1.05 bits per heavy atom. The summed E-state index contributed by atoms with van der Waals surface area (Å²) in [6.07, 6.45) is 0.909. The van der Waals surface area contributed by atoms with Gasteiger partial charge >= 0.3 is 0 Å². The van der Waals surface area contributed by atoms with Gasteiger partial charge in [0.1, 0.15) is 0 Å². The van der Waals surface area contributed by atoms with Crippen molar-refractivity contribution < 1.29 is 4.79 Å². The van der Waals surface area contributed by atoms with Crippen molar-refractivity contribution in [2.75, 3.05) is 6.54 Å². The van der Waals surface area contributed by atoms with Gasteiger partial charge in [-0.3, -0.25) is 4.79 Å². The maximum absolute atomic E-state index is 12.4. The molecular formula is C16H14ClNO. The van der Waals surface area contributed by atoms with Crippen LogP contribution in [0.5, 0.6) is 0 Å². The van der Waals surface area contributed by atoms with E-state index in [0.717, 1.165) is 29.7 Å². The van der Waals surface area contributed by atoms with Crippen LogP contribution in [0.2, 0.25) is 5.02 Å². The summed E-state index contributed by atoms with van der Waals surface area (Å²) in [4.78, 5) is 14.3. The number of benzene rings is 2. The van der Waals surface area contributed by atoms with E-state index in [1.807, 2.05) is 53.4 Å². The minimum absolute atomic E-state index is 0.0989. The fraction of sp³-hybridized carbons (Fsp3) is 0.188. The Labute approximate surface area is 117 Å². The monoisotopic (exact) mass is 271 g/mol. The van der Waals surface area contributed by atoms with Crippen LogP contribution in [0.1, 0.15) is 21.5 Å². The molecule has 3 rings (SSSR count). The van der Waals surface area contributed by atoms with Gasteiger partial charge in [-0.05, 0) is 29.7 Å². The van der Waals surface area contributed by atoms with E-state index < -0.39 is 0 Å². The predicted octanol–water partition coefficient (Wildman–Crippen LogP) is 3.54. The van der Waals surface area contributed by atoms with Gasteiger partial charge in [-0.2, -0.15) is 0 Å². The number of carbonyl (C=O) groups excluding carboxylic acids is 1. The zero-order valence-corrected chi connectivity index (χ0v) is 11.2. The summed E-state index contributed by atoms with van der Waals surface area (Å²) in [5, 5.41) is 0.717. The summed E-state index contributed by atoms with van der Waals surface area (Å²) < 4.78 is 0. The molecule has 96 valence electrons. The van der Waals surface area contributed by atoms with Gasteiger partial charge in [0.15, 0.2) is 0 Å². The van der Waals surface area contributed by atoms with Crippen LogP contribution in [0.4, 0.5) is 0 Å². The lowest BCUT2D eigenvalue weighted by Gasteiger charge is -2.28. The number of amides is 1. The second-order valence-electron chi connectivity index (χ2n) is 4.73. The first-order valence-corrected chi connectivity index (χ1v) is 6.74. The van der Waals surface area contributed by atoms with Crippen molar-refractivity contribution in [1.29, 1.82) is 0 Å². The molecule has 0 aliphatic carbocycles. The van der Waals surface area contributed by atoms with E-state index in [9.17, 15) is 4.79 Å². The van der Waals surface area contributed by atoms with E-state index in [4.69, 9.17) is 11.6 Å². The standard InChI is InChI=1S/C16H14ClNO/c17-15-8-4-2-6-13(15)11-18-10-9-12-5-1-3-7-14(12)16(18)19/h1-8H,9-11H2. The van der Waals surface area contributed by atoms with Gasteiger partial charge in [-0.15, -0.1) is 0 Å². The van der Waals surface area contributed by atoms with Crippen LogP contribution in [0.3, 0.4) is 0 Å². The van der Waals surface area contributed by atoms with Gasteiger partial charge in [0.25, 0.3) is 5.91 Å². The van der Waals surface area contributed by atoms with E-state index in [-0.39, 0.29) is 5.91 Å². The maximum Gasteiger partial charge on any atom is 0.254 e. The normalized spacial score (nSPS) is 14.4. The largest absolute Gasteiger partial charge is 0.334 e. The Hall–Kier alpha value is -1.80. The summed E-state index contributed by atoms with van der Waals surface area (Å²) >= 11 is 6.15. The highest BCUT2D eigenvalue weighted by Crippen LogP contribution is 2.23. The van der Waals surface area contributed by atoms with Gasteiger partial charge in [-0.1, -0.05) is 48.0 Å². The minimum Gasteiger partial charge on any atom is -0.334 e. The Morgan fingerprint density at radius 3 is 2.63 bits per heavy atom. The van der Waals surface area contributed by atoms with Crippen molar-refractivity contribution in [3.8, 4) is 0 Å². The molecule has 3 heteroatoms. The second kappa shape index (κ2) is 5.06. The van der Waals surface area contributed by atoms with E-state index in [0.29, 0.717) is 11.6 Å². The molecule has 19 heavy (non-hydrogen) atoms. The molecule has 2 aromatic carbocycles. The number of hydrogen-bond donors (Lipinski definition) is 0. The highest BCUT2D eigenvalue weighted by atomic mass is 35.5. The third-order valence-electron chi connectivity index (χ3n) is 3.51. The Morgan fingerprint density at radius 2 is 1.79 bits per heavy atom. The first kappa shape index (κ1) is 12.2. The number of rotatable bonds is 2.